The van der Waals surface area contributed by atoms with Crippen LogP contribution in [0.15, 0.2) is 70.3 Å². The van der Waals surface area contributed by atoms with E-state index in [2.05, 4.69) is 4.98 Å². The molecule has 1 aromatic heterocycles. The highest BCUT2D eigenvalue weighted by atomic mass is 16.2. The van der Waals surface area contributed by atoms with Crippen LogP contribution < -0.4 is 11.2 Å². The second kappa shape index (κ2) is 5.25. The molecule has 0 saturated carbocycles. The van der Waals surface area contributed by atoms with Crippen LogP contribution in [0.2, 0.25) is 0 Å². The minimum absolute atomic E-state index is 0.302. The first-order chi connectivity index (χ1) is 10.2. The highest BCUT2D eigenvalue weighted by Gasteiger charge is 2.15. The van der Waals surface area contributed by atoms with Gasteiger partial charge in [0.05, 0.1) is 11.3 Å². The Labute approximate surface area is 121 Å². The van der Waals surface area contributed by atoms with Gasteiger partial charge >= 0.3 is 5.69 Å². The van der Waals surface area contributed by atoms with Crippen LogP contribution in [-0.4, -0.2) is 9.55 Å². The van der Waals surface area contributed by atoms with Gasteiger partial charge in [0.1, 0.15) is 0 Å². The van der Waals surface area contributed by atoms with Gasteiger partial charge in [0.25, 0.3) is 5.56 Å². The molecule has 0 aliphatic rings. The zero-order chi connectivity index (χ0) is 14.8. The van der Waals surface area contributed by atoms with E-state index in [-0.39, 0.29) is 5.56 Å². The summed E-state index contributed by atoms with van der Waals surface area (Å²) in [6.07, 6.45) is 0. The molecule has 4 nitrogen and oxygen atoms in total. The predicted octanol–water partition coefficient (Wildman–Crippen LogP) is 2.41. The summed E-state index contributed by atoms with van der Waals surface area (Å²) in [4.78, 5) is 27.3. The molecule has 0 aliphatic heterocycles. The summed E-state index contributed by atoms with van der Waals surface area (Å²) in [5.74, 6) is 0. The molecule has 21 heavy (non-hydrogen) atoms. The van der Waals surface area contributed by atoms with Gasteiger partial charge in [-0.25, -0.2) is 4.79 Å². The summed E-state index contributed by atoms with van der Waals surface area (Å²) in [5.41, 5.74) is 1.93. The molecule has 0 fully saturated rings. The van der Waals surface area contributed by atoms with Crippen molar-refractivity contribution in [2.45, 2.75) is 0 Å². The van der Waals surface area contributed by atoms with Crippen LogP contribution in [-0.2, 0) is 7.05 Å². The molecule has 0 spiro atoms. The molecular formula is C17H14N2O2. The maximum absolute atomic E-state index is 12.5. The summed E-state index contributed by atoms with van der Waals surface area (Å²) in [6.45, 7) is 0. The average molecular weight is 278 g/mol. The number of nitrogens with one attached hydrogen (secondary N) is 1. The van der Waals surface area contributed by atoms with Crippen LogP contribution in [0, 0.1) is 0 Å². The molecule has 1 heterocycles. The number of hydrogen-bond donors (Lipinski definition) is 1. The number of rotatable bonds is 2. The summed E-state index contributed by atoms with van der Waals surface area (Å²) in [7, 11) is 1.47. The van der Waals surface area contributed by atoms with Crippen LogP contribution in [0.3, 0.4) is 0 Å². The maximum atomic E-state index is 12.5. The van der Waals surface area contributed by atoms with Crippen molar-refractivity contribution in [2.24, 2.45) is 7.05 Å². The van der Waals surface area contributed by atoms with Crippen molar-refractivity contribution in [1.82, 2.24) is 9.55 Å². The molecule has 0 aliphatic carbocycles. The van der Waals surface area contributed by atoms with Gasteiger partial charge in [0.15, 0.2) is 0 Å². The lowest BCUT2D eigenvalue weighted by molar-refractivity contribution is 0.781. The molecule has 0 bridgehead atoms. The molecule has 0 amide bonds. The third-order valence-electron chi connectivity index (χ3n) is 3.43. The molecule has 104 valence electrons. The fourth-order valence-electron chi connectivity index (χ4n) is 2.31. The van der Waals surface area contributed by atoms with Crippen molar-refractivity contribution < 1.29 is 0 Å². The van der Waals surface area contributed by atoms with Crippen LogP contribution in [0.25, 0.3) is 22.4 Å². The number of aromatic nitrogens is 2. The number of benzene rings is 2. The van der Waals surface area contributed by atoms with E-state index in [0.717, 1.165) is 15.7 Å². The molecule has 1 N–H and O–H groups in total. The molecule has 0 saturated heterocycles. The van der Waals surface area contributed by atoms with Crippen LogP contribution in [0.1, 0.15) is 0 Å². The van der Waals surface area contributed by atoms with Gasteiger partial charge in [-0.2, -0.15) is 0 Å². The third-order valence-corrected chi connectivity index (χ3v) is 3.43. The number of nitrogens with zero attached hydrogens (tertiary/aromatic N) is 1. The maximum Gasteiger partial charge on any atom is 0.328 e. The van der Waals surface area contributed by atoms with Crippen molar-refractivity contribution >= 4 is 0 Å². The van der Waals surface area contributed by atoms with E-state index in [1.54, 1.807) is 0 Å². The summed E-state index contributed by atoms with van der Waals surface area (Å²) >= 11 is 0. The lowest BCUT2D eigenvalue weighted by Crippen LogP contribution is -2.34. The molecule has 3 aromatic rings. The highest BCUT2D eigenvalue weighted by Crippen LogP contribution is 2.26. The second-order valence-electron chi connectivity index (χ2n) is 4.78. The van der Waals surface area contributed by atoms with Crippen LogP contribution in [0.5, 0.6) is 0 Å². The highest BCUT2D eigenvalue weighted by molar-refractivity contribution is 5.79. The van der Waals surface area contributed by atoms with Crippen molar-refractivity contribution in [1.29, 1.82) is 0 Å². The Morgan fingerprint density at radius 3 is 1.90 bits per heavy atom. The van der Waals surface area contributed by atoms with Crippen molar-refractivity contribution in [3.63, 3.8) is 0 Å². The Balaban J connectivity index is 2.40. The number of aromatic amines is 1. The smallest absolute Gasteiger partial charge is 0.306 e. The second-order valence-corrected chi connectivity index (χ2v) is 4.78. The van der Waals surface area contributed by atoms with Gasteiger partial charge < -0.3 is 4.98 Å². The van der Waals surface area contributed by atoms with Gasteiger partial charge in [0, 0.05) is 7.05 Å². The third kappa shape index (κ3) is 2.31. The topological polar surface area (TPSA) is 54.9 Å². The SMILES string of the molecule is Cn1c(=O)[nH]c(-c2ccccc2)c(-c2ccccc2)c1=O. The van der Waals surface area contributed by atoms with E-state index in [9.17, 15) is 9.59 Å². The van der Waals surface area contributed by atoms with Gasteiger partial charge in [0.2, 0.25) is 0 Å². The Bertz CT molecular complexity index is 878. The Kier molecular flexibility index (Phi) is 3.28. The fraction of sp³-hybridized carbons (Fsp3) is 0.0588. The molecular weight excluding hydrogens is 264 g/mol. The first kappa shape index (κ1) is 13.1. The monoisotopic (exact) mass is 278 g/mol. The molecule has 4 heteroatoms. The van der Waals surface area contributed by atoms with Crippen LogP contribution in [0.4, 0.5) is 0 Å². The molecule has 0 atom stereocenters. The minimum Gasteiger partial charge on any atom is -0.306 e. The van der Waals surface area contributed by atoms with E-state index in [0.29, 0.717) is 11.3 Å². The lowest BCUT2D eigenvalue weighted by Gasteiger charge is -2.10. The van der Waals surface area contributed by atoms with E-state index < -0.39 is 5.69 Å². The summed E-state index contributed by atoms with van der Waals surface area (Å²) < 4.78 is 1.09. The largest absolute Gasteiger partial charge is 0.328 e. The standard InChI is InChI=1S/C17H14N2O2/c1-19-16(20)14(12-8-4-2-5-9-12)15(18-17(19)21)13-10-6-3-7-11-13/h2-11H,1H3,(H,18,21). The van der Waals surface area contributed by atoms with E-state index in [4.69, 9.17) is 0 Å². The molecule has 0 unspecified atom stereocenters. The van der Waals surface area contributed by atoms with Crippen molar-refractivity contribution in [3.8, 4) is 22.4 Å². The number of H-pyrrole nitrogens is 1. The Hall–Kier alpha value is -2.88. The lowest BCUT2D eigenvalue weighted by atomic mass is 10.0. The van der Waals surface area contributed by atoms with Gasteiger partial charge in [-0.05, 0) is 11.1 Å². The van der Waals surface area contributed by atoms with Gasteiger partial charge in [-0.15, -0.1) is 0 Å². The van der Waals surface area contributed by atoms with Crippen LogP contribution >= 0.6 is 0 Å². The fourth-order valence-corrected chi connectivity index (χ4v) is 2.31. The van der Waals surface area contributed by atoms with Crippen molar-refractivity contribution in [3.05, 3.63) is 81.5 Å². The van der Waals surface area contributed by atoms with E-state index >= 15 is 0 Å². The normalized spacial score (nSPS) is 10.5. The number of hydrogen-bond acceptors (Lipinski definition) is 2. The van der Waals surface area contributed by atoms with E-state index in [1.807, 2.05) is 60.7 Å². The van der Waals surface area contributed by atoms with Gasteiger partial charge in [-0.3, -0.25) is 9.36 Å². The average Bonchev–Trinajstić information content (AvgIpc) is 2.54. The quantitative estimate of drug-likeness (QED) is 0.782. The molecule has 0 radical (unpaired) electrons. The Morgan fingerprint density at radius 1 is 0.810 bits per heavy atom. The molecule has 2 aromatic carbocycles. The summed E-state index contributed by atoms with van der Waals surface area (Å²) in [6, 6.07) is 18.7. The summed E-state index contributed by atoms with van der Waals surface area (Å²) in [5, 5.41) is 0. The minimum atomic E-state index is -0.418. The Morgan fingerprint density at radius 2 is 1.33 bits per heavy atom. The first-order valence-electron chi connectivity index (χ1n) is 6.62. The predicted molar refractivity (Wildman–Crippen MR) is 83.2 cm³/mol. The zero-order valence-corrected chi connectivity index (χ0v) is 11.5. The van der Waals surface area contributed by atoms with Crippen molar-refractivity contribution in [2.75, 3.05) is 0 Å². The first-order valence-corrected chi connectivity index (χ1v) is 6.62. The zero-order valence-electron chi connectivity index (χ0n) is 11.5. The van der Waals surface area contributed by atoms with Gasteiger partial charge in [-0.1, -0.05) is 60.7 Å². The van der Waals surface area contributed by atoms with E-state index in [1.165, 1.54) is 7.05 Å². The molecule has 3 rings (SSSR count).